The van der Waals surface area contributed by atoms with Crippen molar-refractivity contribution in [1.82, 2.24) is 0 Å². The molecule has 0 aromatic heterocycles. The van der Waals surface area contributed by atoms with Crippen LogP contribution in [0.25, 0.3) is 5.57 Å². The van der Waals surface area contributed by atoms with Gasteiger partial charge in [-0.25, -0.2) is 19.6 Å². The molecule has 6 heteroatoms. The van der Waals surface area contributed by atoms with Gasteiger partial charge in [0.05, 0.1) is 16.6 Å². The minimum atomic E-state index is -1.26. The second-order valence-corrected chi connectivity index (χ2v) is 4.57. The fourth-order valence-corrected chi connectivity index (χ4v) is 2.26. The van der Waals surface area contributed by atoms with Crippen LogP contribution in [0.5, 0.6) is 0 Å². The molecule has 1 heterocycles. The van der Waals surface area contributed by atoms with Gasteiger partial charge in [-0.15, -0.1) is 0 Å². The second-order valence-electron chi connectivity index (χ2n) is 4.57. The van der Waals surface area contributed by atoms with Gasteiger partial charge in [-0.3, -0.25) is 0 Å². The molecule has 22 heavy (non-hydrogen) atoms. The fourth-order valence-electron chi connectivity index (χ4n) is 2.26. The SMILES string of the molecule is O=C(O)C1=c2c(C(=O)O)cccc2=NC1=Nc1ccccc1. The lowest BCUT2D eigenvalue weighted by Crippen LogP contribution is -2.31. The van der Waals surface area contributed by atoms with Crippen molar-refractivity contribution in [3.63, 3.8) is 0 Å². The first-order valence-electron chi connectivity index (χ1n) is 6.40. The second kappa shape index (κ2) is 5.25. The minimum Gasteiger partial charge on any atom is -0.478 e. The fraction of sp³-hybridized carbons (Fsp3) is 0. The lowest BCUT2D eigenvalue weighted by atomic mass is 10.1. The van der Waals surface area contributed by atoms with E-state index in [1.807, 2.05) is 6.07 Å². The first-order chi connectivity index (χ1) is 10.6. The summed E-state index contributed by atoms with van der Waals surface area (Å²) in [5.74, 6) is -2.46. The first kappa shape index (κ1) is 13.7. The summed E-state index contributed by atoms with van der Waals surface area (Å²) in [6.07, 6.45) is 0. The van der Waals surface area contributed by atoms with Gasteiger partial charge in [0.25, 0.3) is 0 Å². The van der Waals surface area contributed by atoms with Crippen molar-refractivity contribution in [3.8, 4) is 0 Å². The Hall–Kier alpha value is -3.28. The topological polar surface area (TPSA) is 99.3 Å². The van der Waals surface area contributed by atoms with Crippen LogP contribution in [0.3, 0.4) is 0 Å². The molecule has 2 N–H and O–H groups in total. The highest BCUT2D eigenvalue weighted by Crippen LogP contribution is 2.15. The number of fused-ring (bicyclic) bond motifs is 1. The Bertz CT molecular complexity index is 930. The van der Waals surface area contributed by atoms with Gasteiger partial charge < -0.3 is 10.2 Å². The molecule has 0 bridgehead atoms. The summed E-state index contributed by atoms with van der Waals surface area (Å²) in [5.41, 5.74) is 0.249. The highest BCUT2D eigenvalue weighted by atomic mass is 16.4. The number of aliphatic carboxylic acids is 1. The molecule has 0 atom stereocenters. The van der Waals surface area contributed by atoms with Gasteiger partial charge in [0.1, 0.15) is 5.57 Å². The molecule has 108 valence electrons. The Labute approximate surface area is 124 Å². The molecule has 0 radical (unpaired) electrons. The highest BCUT2D eigenvalue weighted by Gasteiger charge is 2.24. The number of amidine groups is 1. The number of aliphatic imine (C=N–C) groups is 1. The van der Waals surface area contributed by atoms with Crippen LogP contribution in [-0.2, 0) is 4.79 Å². The molecule has 1 aliphatic rings. The summed E-state index contributed by atoms with van der Waals surface area (Å²) in [7, 11) is 0. The van der Waals surface area contributed by atoms with E-state index in [-0.39, 0.29) is 22.2 Å². The van der Waals surface area contributed by atoms with Crippen molar-refractivity contribution >= 4 is 29.0 Å². The standard InChI is InChI=1S/C16H10N2O4/c19-15(20)10-7-4-8-11-12(10)13(16(21)22)14(18-11)17-9-5-2-1-3-6-9/h1-8H,(H,19,20)(H,21,22). The van der Waals surface area contributed by atoms with Gasteiger partial charge >= 0.3 is 11.9 Å². The van der Waals surface area contributed by atoms with Crippen molar-refractivity contribution in [2.45, 2.75) is 0 Å². The average Bonchev–Trinajstić information content (AvgIpc) is 2.85. The normalized spacial score (nSPS) is 14.5. The van der Waals surface area contributed by atoms with E-state index in [2.05, 4.69) is 9.98 Å². The number of carbonyl (C=O) groups is 2. The van der Waals surface area contributed by atoms with E-state index in [4.69, 9.17) is 0 Å². The smallest absolute Gasteiger partial charge is 0.340 e. The van der Waals surface area contributed by atoms with Crippen LogP contribution in [-0.4, -0.2) is 28.0 Å². The highest BCUT2D eigenvalue weighted by molar-refractivity contribution is 6.41. The molecule has 0 amide bonds. The number of nitrogens with zero attached hydrogens (tertiary/aromatic N) is 2. The third-order valence-electron chi connectivity index (χ3n) is 3.18. The van der Waals surface area contributed by atoms with E-state index < -0.39 is 11.9 Å². The number of para-hydroxylation sites is 1. The van der Waals surface area contributed by atoms with Gasteiger partial charge in [-0.2, -0.15) is 0 Å². The van der Waals surface area contributed by atoms with Gasteiger partial charge in [0.15, 0.2) is 5.84 Å². The van der Waals surface area contributed by atoms with E-state index >= 15 is 0 Å². The lowest BCUT2D eigenvalue weighted by molar-refractivity contribution is -0.130. The Morgan fingerprint density at radius 2 is 1.64 bits per heavy atom. The van der Waals surface area contributed by atoms with Gasteiger partial charge in [0.2, 0.25) is 0 Å². The molecule has 0 saturated carbocycles. The number of hydrogen-bond acceptors (Lipinski definition) is 3. The first-order valence-corrected chi connectivity index (χ1v) is 6.40. The lowest BCUT2D eigenvalue weighted by Gasteiger charge is -1.99. The molecule has 2 aromatic carbocycles. The molecular formula is C16H10N2O4. The van der Waals surface area contributed by atoms with Crippen LogP contribution in [0.1, 0.15) is 10.4 Å². The van der Waals surface area contributed by atoms with Crippen LogP contribution in [0.15, 0.2) is 58.5 Å². The van der Waals surface area contributed by atoms with Crippen LogP contribution in [0.2, 0.25) is 0 Å². The quantitative estimate of drug-likeness (QED) is 0.881. The van der Waals surface area contributed by atoms with E-state index in [1.165, 1.54) is 12.1 Å². The maximum atomic E-state index is 11.6. The molecule has 0 fully saturated rings. The Morgan fingerprint density at radius 1 is 0.909 bits per heavy atom. The largest absolute Gasteiger partial charge is 0.478 e. The summed E-state index contributed by atoms with van der Waals surface area (Å²) < 4.78 is 0. The maximum absolute atomic E-state index is 11.6. The van der Waals surface area contributed by atoms with Crippen LogP contribution in [0.4, 0.5) is 5.69 Å². The van der Waals surface area contributed by atoms with E-state index in [1.54, 1.807) is 30.3 Å². The molecule has 0 aliphatic carbocycles. The predicted molar refractivity (Wildman–Crippen MR) is 78.8 cm³/mol. The molecular weight excluding hydrogens is 284 g/mol. The van der Waals surface area contributed by atoms with Gasteiger partial charge in [-0.1, -0.05) is 24.3 Å². The van der Waals surface area contributed by atoms with Crippen molar-refractivity contribution < 1.29 is 19.8 Å². The minimum absolute atomic E-state index is 0.00222. The van der Waals surface area contributed by atoms with Crippen molar-refractivity contribution in [2.24, 2.45) is 9.98 Å². The third-order valence-corrected chi connectivity index (χ3v) is 3.18. The molecule has 3 rings (SSSR count). The summed E-state index contributed by atoms with van der Waals surface area (Å²) in [6, 6.07) is 13.2. The molecule has 1 aliphatic heterocycles. The number of aromatic carboxylic acids is 1. The maximum Gasteiger partial charge on any atom is 0.340 e. The molecule has 0 unspecified atom stereocenters. The summed E-state index contributed by atoms with van der Waals surface area (Å²) in [4.78, 5) is 31.3. The Morgan fingerprint density at radius 3 is 2.27 bits per heavy atom. The van der Waals surface area contributed by atoms with Crippen molar-refractivity contribution in [2.75, 3.05) is 0 Å². The molecule has 0 spiro atoms. The Kier molecular flexibility index (Phi) is 3.27. The number of rotatable bonds is 3. The van der Waals surface area contributed by atoms with Gasteiger partial charge in [0, 0.05) is 5.22 Å². The monoisotopic (exact) mass is 294 g/mol. The van der Waals surface area contributed by atoms with Crippen molar-refractivity contribution in [1.29, 1.82) is 0 Å². The zero-order chi connectivity index (χ0) is 15.7. The third kappa shape index (κ3) is 2.26. The summed E-state index contributed by atoms with van der Waals surface area (Å²) >= 11 is 0. The van der Waals surface area contributed by atoms with Gasteiger partial charge in [-0.05, 0) is 24.3 Å². The van der Waals surface area contributed by atoms with Crippen LogP contribution < -0.4 is 10.6 Å². The molecule has 2 aromatic rings. The van der Waals surface area contributed by atoms with Crippen LogP contribution >= 0.6 is 0 Å². The predicted octanol–water partition coefficient (Wildman–Crippen LogP) is 0.984. The van der Waals surface area contributed by atoms with E-state index in [9.17, 15) is 19.8 Å². The van der Waals surface area contributed by atoms with Crippen molar-refractivity contribution in [3.05, 3.63) is 64.7 Å². The summed E-state index contributed by atoms with van der Waals surface area (Å²) in [5, 5.41) is 19.1. The van der Waals surface area contributed by atoms with E-state index in [0.717, 1.165) is 0 Å². The summed E-state index contributed by atoms with van der Waals surface area (Å²) in [6.45, 7) is 0. The molecule has 0 saturated heterocycles. The number of carboxylic acids is 2. The number of benzene rings is 2. The van der Waals surface area contributed by atoms with E-state index in [0.29, 0.717) is 11.0 Å². The molecule has 6 nitrogen and oxygen atoms in total. The zero-order valence-electron chi connectivity index (χ0n) is 11.2. The Balaban J connectivity index is 2.33. The zero-order valence-corrected chi connectivity index (χ0v) is 11.2. The number of carboxylic acid groups (broad SMARTS) is 2. The van der Waals surface area contributed by atoms with Crippen LogP contribution in [0, 0.1) is 0 Å². The number of hydrogen-bond donors (Lipinski definition) is 2. The average molecular weight is 294 g/mol.